The van der Waals surface area contributed by atoms with Crippen LogP contribution in [0.5, 0.6) is 0 Å². The van der Waals surface area contributed by atoms with Crippen molar-refractivity contribution in [2.45, 2.75) is 39.7 Å². The second-order valence-corrected chi connectivity index (χ2v) is 10.3. The molecule has 1 unspecified atom stereocenters. The quantitative estimate of drug-likeness (QED) is 0.326. The zero-order valence-electron chi connectivity index (χ0n) is 22.7. The number of benzene rings is 2. The molecule has 202 valence electrons. The Kier molecular flexibility index (Phi) is 7.65. The van der Waals surface area contributed by atoms with Crippen LogP contribution in [0.1, 0.15) is 74.6 Å². The molecule has 5 rings (SSSR count). The van der Waals surface area contributed by atoms with Crippen molar-refractivity contribution in [3.63, 3.8) is 0 Å². The van der Waals surface area contributed by atoms with E-state index in [1.54, 1.807) is 24.3 Å². The summed E-state index contributed by atoms with van der Waals surface area (Å²) in [6.07, 6.45) is 4.20. The van der Waals surface area contributed by atoms with E-state index in [1.807, 2.05) is 51.1 Å². The fourth-order valence-corrected chi connectivity index (χ4v) is 5.40. The SMILES string of the molecule is Cc1[nH]c(C=C2C(=O)Nc3ccc(C(=O)NC(C)c4ccccc4)cc32)c(C)c1C(=O)NCCN1CCCC1. The van der Waals surface area contributed by atoms with Gasteiger partial charge in [-0.1, -0.05) is 30.3 Å². The molecule has 0 spiro atoms. The van der Waals surface area contributed by atoms with Crippen LogP contribution in [0.15, 0.2) is 48.5 Å². The summed E-state index contributed by atoms with van der Waals surface area (Å²) in [4.78, 5) is 44.6. The highest BCUT2D eigenvalue weighted by molar-refractivity contribution is 6.35. The van der Waals surface area contributed by atoms with Gasteiger partial charge in [0, 0.05) is 41.3 Å². The predicted octanol–water partition coefficient (Wildman–Crippen LogP) is 4.44. The number of fused-ring (bicyclic) bond motifs is 1. The molecule has 0 aliphatic carbocycles. The van der Waals surface area contributed by atoms with Crippen LogP contribution in [0, 0.1) is 13.8 Å². The smallest absolute Gasteiger partial charge is 0.256 e. The first-order valence-electron chi connectivity index (χ1n) is 13.5. The maximum atomic E-state index is 13.0. The molecule has 1 aromatic heterocycles. The van der Waals surface area contributed by atoms with Gasteiger partial charge in [0.1, 0.15) is 0 Å². The van der Waals surface area contributed by atoms with Crippen LogP contribution in [0.25, 0.3) is 11.6 Å². The van der Waals surface area contributed by atoms with Gasteiger partial charge < -0.3 is 25.8 Å². The molecular formula is C31H35N5O3. The van der Waals surface area contributed by atoms with Crippen molar-refractivity contribution in [1.82, 2.24) is 20.5 Å². The van der Waals surface area contributed by atoms with Crippen LogP contribution in [0.2, 0.25) is 0 Å². The van der Waals surface area contributed by atoms with Crippen molar-refractivity contribution in [2.75, 3.05) is 31.5 Å². The minimum atomic E-state index is -0.247. The average Bonchev–Trinajstić information content (AvgIpc) is 3.62. The molecule has 0 saturated carbocycles. The highest BCUT2D eigenvalue weighted by atomic mass is 16.2. The molecule has 2 aromatic carbocycles. The number of nitrogens with one attached hydrogen (secondary N) is 4. The molecular weight excluding hydrogens is 490 g/mol. The van der Waals surface area contributed by atoms with Gasteiger partial charge in [-0.2, -0.15) is 0 Å². The van der Waals surface area contributed by atoms with Crippen LogP contribution >= 0.6 is 0 Å². The van der Waals surface area contributed by atoms with Crippen molar-refractivity contribution in [3.8, 4) is 0 Å². The molecule has 2 aliphatic heterocycles. The van der Waals surface area contributed by atoms with Crippen molar-refractivity contribution in [2.24, 2.45) is 0 Å². The summed E-state index contributed by atoms with van der Waals surface area (Å²) in [6.45, 7) is 9.32. The van der Waals surface area contributed by atoms with Crippen LogP contribution < -0.4 is 16.0 Å². The minimum Gasteiger partial charge on any atom is -0.358 e. The van der Waals surface area contributed by atoms with E-state index in [2.05, 4.69) is 25.8 Å². The Labute approximate surface area is 228 Å². The largest absolute Gasteiger partial charge is 0.358 e. The van der Waals surface area contributed by atoms with Gasteiger partial charge in [0.2, 0.25) is 0 Å². The van der Waals surface area contributed by atoms with Gasteiger partial charge in [0.05, 0.1) is 17.2 Å². The number of likely N-dealkylation sites (tertiary alicyclic amines) is 1. The van der Waals surface area contributed by atoms with Gasteiger partial charge in [-0.05, 0) is 82.1 Å². The standard InChI is InChI=1S/C31H35N5O3/c1-19-27(33-21(3)28(19)31(39)32-13-16-36-14-7-8-15-36)18-25-24-17-23(11-12-26(24)35-30(25)38)29(37)34-20(2)22-9-5-4-6-10-22/h4-6,9-12,17-18,20,33H,7-8,13-16H2,1-3H3,(H,32,39)(H,34,37)(H,35,38). The molecule has 0 radical (unpaired) electrons. The lowest BCUT2D eigenvalue weighted by Crippen LogP contribution is -2.33. The molecule has 8 nitrogen and oxygen atoms in total. The summed E-state index contributed by atoms with van der Waals surface area (Å²) in [7, 11) is 0. The fourth-order valence-electron chi connectivity index (χ4n) is 5.40. The molecule has 39 heavy (non-hydrogen) atoms. The lowest BCUT2D eigenvalue weighted by molar-refractivity contribution is -0.110. The number of rotatable bonds is 8. The lowest BCUT2D eigenvalue weighted by Gasteiger charge is -2.15. The summed E-state index contributed by atoms with van der Waals surface area (Å²) in [6, 6.07) is 14.8. The molecule has 1 fully saturated rings. The molecule has 0 bridgehead atoms. The van der Waals surface area contributed by atoms with Crippen molar-refractivity contribution < 1.29 is 14.4 Å². The highest BCUT2D eigenvalue weighted by Gasteiger charge is 2.27. The van der Waals surface area contributed by atoms with E-state index in [-0.39, 0.29) is 23.8 Å². The summed E-state index contributed by atoms with van der Waals surface area (Å²) in [5.74, 6) is -0.580. The Morgan fingerprint density at radius 3 is 2.54 bits per heavy atom. The molecule has 2 aliphatic rings. The Morgan fingerprint density at radius 1 is 1.05 bits per heavy atom. The Balaban J connectivity index is 1.34. The van der Waals surface area contributed by atoms with E-state index in [1.165, 1.54) is 12.8 Å². The number of amides is 3. The second-order valence-electron chi connectivity index (χ2n) is 10.3. The Hall–Kier alpha value is -4.17. The highest BCUT2D eigenvalue weighted by Crippen LogP contribution is 2.35. The van der Waals surface area contributed by atoms with Gasteiger partial charge in [-0.25, -0.2) is 0 Å². The summed E-state index contributed by atoms with van der Waals surface area (Å²) >= 11 is 0. The number of nitrogens with zero attached hydrogens (tertiary/aromatic N) is 1. The molecule has 1 saturated heterocycles. The zero-order valence-corrected chi connectivity index (χ0v) is 22.7. The summed E-state index contributed by atoms with van der Waals surface area (Å²) < 4.78 is 0. The lowest BCUT2D eigenvalue weighted by atomic mass is 10.0. The number of hydrogen-bond donors (Lipinski definition) is 4. The van der Waals surface area contributed by atoms with Crippen molar-refractivity contribution in [3.05, 3.63) is 87.7 Å². The Morgan fingerprint density at radius 2 is 1.79 bits per heavy atom. The normalized spacial score (nSPS) is 16.7. The number of aryl methyl sites for hydroxylation is 1. The summed E-state index contributed by atoms with van der Waals surface area (Å²) in [5.41, 5.74) is 6.07. The van der Waals surface area contributed by atoms with Crippen LogP contribution in [-0.4, -0.2) is 53.8 Å². The Bertz CT molecular complexity index is 1430. The minimum absolute atomic E-state index is 0.118. The number of hydrogen-bond acceptors (Lipinski definition) is 4. The van der Waals surface area contributed by atoms with E-state index in [9.17, 15) is 14.4 Å². The van der Waals surface area contributed by atoms with E-state index in [0.29, 0.717) is 40.2 Å². The van der Waals surface area contributed by atoms with Crippen LogP contribution in [-0.2, 0) is 4.79 Å². The molecule has 3 heterocycles. The van der Waals surface area contributed by atoms with Crippen LogP contribution in [0.3, 0.4) is 0 Å². The molecule has 4 N–H and O–H groups in total. The molecule has 3 aromatic rings. The third-order valence-corrected chi connectivity index (χ3v) is 7.62. The van der Waals surface area contributed by atoms with E-state index in [0.717, 1.165) is 36.5 Å². The van der Waals surface area contributed by atoms with Crippen molar-refractivity contribution in [1.29, 1.82) is 0 Å². The van der Waals surface area contributed by atoms with Gasteiger partial charge in [0.25, 0.3) is 17.7 Å². The first-order valence-corrected chi connectivity index (χ1v) is 13.5. The van der Waals surface area contributed by atoms with Gasteiger partial charge in [-0.15, -0.1) is 0 Å². The van der Waals surface area contributed by atoms with Crippen molar-refractivity contribution >= 4 is 35.1 Å². The third kappa shape index (κ3) is 5.66. The first kappa shape index (κ1) is 26.4. The number of aromatic nitrogens is 1. The van der Waals surface area contributed by atoms with Gasteiger partial charge in [0.15, 0.2) is 0 Å². The topological polar surface area (TPSA) is 106 Å². The first-order chi connectivity index (χ1) is 18.8. The second kappa shape index (κ2) is 11.3. The van der Waals surface area contributed by atoms with E-state index >= 15 is 0 Å². The van der Waals surface area contributed by atoms with E-state index in [4.69, 9.17) is 0 Å². The number of carbonyl (C=O) groups is 3. The fraction of sp³-hybridized carbons (Fsp3) is 0.323. The number of aromatic amines is 1. The molecule has 3 amide bonds. The van der Waals surface area contributed by atoms with Gasteiger partial charge in [-0.3, -0.25) is 14.4 Å². The van der Waals surface area contributed by atoms with E-state index < -0.39 is 0 Å². The maximum Gasteiger partial charge on any atom is 0.256 e. The predicted molar refractivity (Wildman–Crippen MR) is 154 cm³/mol. The monoisotopic (exact) mass is 525 g/mol. The molecule has 8 heteroatoms. The number of carbonyl (C=O) groups excluding carboxylic acids is 3. The maximum absolute atomic E-state index is 13.0. The zero-order chi connectivity index (χ0) is 27.5. The van der Waals surface area contributed by atoms with Crippen LogP contribution in [0.4, 0.5) is 5.69 Å². The number of H-pyrrole nitrogens is 1. The van der Waals surface area contributed by atoms with Gasteiger partial charge >= 0.3 is 0 Å². The third-order valence-electron chi connectivity index (χ3n) is 7.62. The molecule has 1 atom stereocenters. The average molecular weight is 526 g/mol. The number of anilines is 1. The summed E-state index contributed by atoms with van der Waals surface area (Å²) in [5, 5.41) is 8.95.